The van der Waals surface area contributed by atoms with Crippen molar-refractivity contribution in [1.29, 1.82) is 0 Å². The van der Waals surface area contributed by atoms with E-state index in [9.17, 15) is 4.79 Å². The van der Waals surface area contributed by atoms with Gasteiger partial charge >= 0.3 is 0 Å². The van der Waals surface area contributed by atoms with Crippen LogP contribution < -0.4 is 5.32 Å². The molecule has 1 rings (SSSR count). The van der Waals surface area contributed by atoms with E-state index in [1.165, 1.54) is 12.8 Å². The van der Waals surface area contributed by atoms with E-state index >= 15 is 0 Å². The molecule has 1 saturated heterocycles. The number of hydrogen-bond acceptors (Lipinski definition) is 2. The summed E-state index contributed by atoms with van der Waals surface area (Å²) < 4.78 is 0. The van der Waals surface area contributed by atoms with E-state index in [4.69, 9.17) is 0 Å². The van der Waals surface area contributed by atoms with Crippen molar-refractivity contribution in [1.82, 2.24) is 10.2 Å². The summed E-state index contributed by atoms with van der Waals surface area (Å²) in [6, 6.07) is 0.501. The van der Waals surface area contributed by atoms with Crippen LogP contribution in [0.1, 0.15) is 46.5 Å². The zero-order valence-electron chi connectivity index (χ0n) is 11.5. The van der Waals surface area contributed by atoms with Gasteiger partial charge in [0.25, 0.3) is 0 Å². The molecule has 0 aromatic heterocycles. The lowest BCUT2D eigenvalue weighted by Crippen LogP contribution is -2.41. The van der Waals surface area contributed by atoms with Crippen molar-refractivity contribution in [2.24, 2.45) is 0 Å². The Morgan fingerprint density at radius 2 is 2.24 bits per heavy atom. The predicted octanol–water partition coefficient (Wildman–Crippen LogP) is 2.33. The summed E-state index contributed by atoms with van der Waals surface area (Å²) in [7, 11) is 0. The first-order chi connectivity index (χ1) is 8.13. The largest absolute Gasteiger partial charge is 0.338 e. The second-order valence-corrected chi connectivity index (χ2v) is 5.15. The lowest BCUT2D eigenvalue weighted by atomic mass is 10.2. The molecule has 1 N–H and O–H groups in total. The van der Waals surface area contributed by atoms with Crippen LogP contribution in [0.3, 0.4) is 0 Å². The average Bonchev–Trinajstić information content (AvgIpc) is 2.75. The molecule has 0 radical (unpaired) electrons. The zero-order valence-corrected chi connectivity index (χ0v) is 11.5. The van der Waals surface area contributed by atoms with E-state index in [1.807, 2.05) is 18.7 Å². The minimum Gasteiger partial charge on any atom is -0.338 e. The molecule has 0 saturated carbocycles. The van der Waals surface area contributed by atoms with Gasteiger partial charge in [-0.1, -0.05) is 18.9 Å². The van der Waals surface area contributed by atoms with E-state index in [-0.39, 0.29) is 5.91 Å². The SMILES string of the molecule is CCCCN(CC1CCCN1)C(=O)C=C(C)C. The van der Waals surface area contributed by atoms with Gasteiger partial charge in [-0.2, -0.15) is 0 Å². The Kier molecular flexibility index (Phi) is 6.27. The number of nitrogens with one attached hydrogen (secondary N) is 1. The van der Waals surface area contributed by atoms with Gasteiger partial charge in [-0.05, 0) is 39.7 Å². The van der Waals surface area contributed by atoms with Crippen LogP contribution in [0, 0.1) is 0 Å². The molecule has 1 atom stereocenters. The first-order valence-corrected chi connectivity index (χ1v) is 6.80. The minimum absolute atomic E-state index is 0.173. The minimum atomic E-state index is 0.173. The molecular formula is C14H26N2O. The molecule has 1 fully saturated rings. The molecule has 1 aliphatic heterocycles. The summed E-state index contributed by atoms with van der Waals surface area (Å²) in [6.07, 6.45) is 6.42. The molecule has 0 bridgehead atoms. The van der Waals surface area contributed by atoms with Crippen LogP contribution in [-0.4, -0.2) is 36.5 Å². The molecule has 3 heteroatoms. The molecule has 0 aromatic rings. The maximum absolute atomic E-state index is 12.1. The van der Waals surface area contributed by atoms with Crippen molar-refractivity contribution in [3.05, 3.63) is 11.6 Å². The second kappa shape index (κ2) is 7.49. The summed E-state index contributed by atoms with van der Waals surface area (Å²) in [5.41, 5.74) is 1.08. The topological polar surface area (TPSA) is 32.3 Å². The molecule has 3 nitrogen and oxygen atoms in total. The van der Waals surface area contributed by atoms with Crippen LogP contribution in [0.15, 0.2) is 11.6 Å². The summed E-state index contributed by atoms with van der Waals surface area (Å²) in [5, 5.41) is 3.46. The Labute approximate surface area is 105 Å². The van der Waals surface area contributed by atoms with Crippen molar-refractivity contribution in [3.8, 4) is 0 Å². The molecule has 1 aliphatic rings. The maximum atomic E-state index is 12.1. The normalized spacial score (nSPS) is 19.1. The Morgan fingerprint density at radius 1 is 1.47 bits per heavy atom. The number of amides is 1. The molecule has 1 unspecified atom stereocenters. The standard InChI is InChI=1S/C14H26N2O/c1-4-5-9-16(14(17)10-12(2)3)11-13-7-6-8-15-13/h10,13,15H,4-9,11H2,1-3H3. The van der Waals surface area contributed by atoms with Gasteiger partial charge in [0, 0.05) is 25.2 Å². The molecule has 98 valence electrons. The number of rotatable bonds is 6. The Balaban J connectivity index is 2.52. The van der Waals surface area contributed by atoms with Gasteiger partial charge in [0.05, 0.1) is 0 Å². The number of carbonyl (C=O) groups excluding carboxylic acids is 1. The van der Waals surface area contributed by atoms with Crippen molar-refractivity contribution in [3.63, 3.8) is 0 Å². The fraction of sp³-hybridized carbons (Fsp3) is 0.786. The molecule has 0 aliphatic carbocycles. The van der Waals surface area contributed by atoms with Gasteiger partial charge in [0.15, 0.2) is 0 Å². The lowest BCUT2D eigenvalue weighted by molar-refractivity contribution is -0.126. The van der Waals surface area contributed by atoms with Crippen LogP contribution in [0.5, 0.6) is 0 Å². The highest BCUT2D eigenvalue weighted by Crippen LogP contribution is 2.09. The van der Waals surface area contributed by atoms with E-state index in [0.29, 0.717) is 6.04 Å². The zero-order chi connectivity index (χ0) is 12.7. The number of allylic oxidation sites excluding steroid dienone is 1. The molecule has 0 aromatic carbocycles. The summed E-state index contributed by atoms with van der Waals surface area (Å²) >= 11 is 0. The Bertz CT molecular complexity index is 263. The third-order valence-electron chi connectivity index (χ3n) is 3.11. The smallest absolute Gasteiger partial charge is 0.246 e. The lowest BCUT2D eigenvalue weighted by Gasteiger charge is -2.25. The maximum Gasteiger partial charge on any atom is 0.246 e. The molecular weight excluding hydrogens is 212 g/mol. The van der Waals surface area contributed by atoms with Gasteiger partial charge < -0.3 is 10.2 Å². The Morgan fingerprint density at radius 3 is 2.76 bits per heavy atom. The highest BCUT2D eigenvalue weighted by Gasteiger charge is 2.19. The fourth-order valence-electron chi connectivity index (χ4n) is 2.16. The quantitative estimate of drug-likeness (QED) is 0.720. The summed E-state index contributed by atoms with van der Waals surface area (Å²) in [4.78, 5) is 14.1. The number of unbranched alkanes of at least 4 members (excludes halogenated alkanes) is 1. The van der Waals surface area contributed by atoms with Crippen LogP contribution in [0.4, 0.5) is 0 Å². The van der Waals surface area contributed by atoms with Crippen molar-refractivity contribution in [2.45, 2.75) is 52.5 Å². The van der Waals surface area contributed by atoms with Crippen LogP contribution >= 0.6 is 0 Å². The van der Waals surface area contributed by atoms with Crippen LogP contribution in [-0.2, 0) is 4.79 Å². The molecule has 1 heterocycles. The number of carbonyl (C=O) groups is 1. The molecule has 17 heavy (non-hydrogen) atoms. The predicted molar refractivity (Wildman–Crippen MR) is 71.9 cm³/mol. The monoisotopic (exact) mass is 238 g/mol. The van der Waals surface area contributed by atoms with Crippen LogP contribution in [0.2, 0.25) is 0 Å². The highest BCUT2D eigenvalue weighted by atomic mass is 16.2. The number of nitrogens with zero attached hydrogens (tertiary/aromatic N) is 1. The third-order valence-corrected chi connectivity index (χ3v) is 3.11. The fourth-order valence-corrected chi connectivity index (χ4v) is 2.16. The first kappa shape index (κ1) is 14.2. The van der Waals surface area contributed by atoms with Crippen LogP contribution in [0.25, 0.3) is 0 Å². The van der Waals surface area contributed by atoms with Gasteiger partial charge in [-0.3, -0.25) is 4.79 Å². The average molecular weight is 238 g/mol. The van der Waals surface area contributed by atoms with E-state index in [1.54, 1.807) is 6.08 Å². The van der Waals surface area contributed by atoms with Crippen molar-refractivity contribution < 1.29 is 4.79 Å². The van der Waals surface area contributed by atoms with Gasteiger partial charge in [-0.15, -0.1) is 0 Å². The first-order valence-electron chi connectivity index (χ1n) is 6.80. The van der Waals surface area contributed by atoms with E-state index < -0.39 is 0 Å². The van der Waals surface area contributed by atoms with E-state index in [2.05, 4.69) is 12.2 Å². The van der Waals surface area contributed by atoms with E-state index in [0.717, 1.165) is 38.0 Å². The molecule has 0 spiro atoms. The summed E-state index contributed by atoms with van der Waals surface area (Å²) in [6.45, 7) is 8.97. The number of hydrogen-bond donors (Lipinski definition) is 1. The highest BCUT2D eigenvalue weighted by molar-refractivity contribution is 5.88. The molecule has 1 amide bonds. The van der Waals surface area contributed by atoms with Gasteiger partial charge in [-0.25, -0.2) is 0 Å². The third kappa shape index (κ3) is 5.35. The second-order valence-electron chi connectivity index (χ2n) is 5.15. The van der Waals surface area contributed by atoms with Gasteiger partial charge in [0.1, 0.15) is 0 Å². The van der Waals surface area contributed by atoms with Crippen molar-refractivity contribution >= 4 is 5.91 Å². The van der Waals surface area contributed by atoms with Crippen molar-refractivity contribution in [2.75, 3.05) is 19.6 Å². The Hall–Kier alpha value is -0.830. The van der Waals surface area contributed by atoms with Gasteiger partial charge in [0.2, 0.25) is 5.91 Å². The summed E-state index contributed by atoms with van der Waals surface area (Å²) in [5.74, 6) is 0.173.